The third-order valence-electron chi connectivity index (χ3n) is 6.87. The molecule has 3 aromatic heterocycles. The van der Waals surface area contributed by atoms with Gasteiger partial charge in [-0.25, -0.2) is 4.98 Å². The Morgan fingerprint density at radius 2 is 2.12 bits per heavy atom. The highest BCUT2D eigenvalue weighted by molar-refractivity contribution is 8.00. The van der Waals surface area contributed by atoms with Crippen LogP contribution in [0.25, 0.3) is 10.2 Å². The maximum Gasteiger partial charge on any atom is 0.263 e. The highest BCUT2D eigenvalue weighted by Crippen LogP contribution is 2.35. The lowest BCUT2D eigenvalue weighted by Crippen LogP contribution is -2.51. The van der Waals surface area contributed by atoms with E-state index in [4.69, 9.17) is 9.40 Å². The van der Waals surface area contributed by atoms with Crippen molar-refractivity contribution in [1.82, 2.24) is 14.9 Å². The van der Waals surface area contributed by atoms with Gasteiger partial charge >= 0.3 is 0 Å². The Morgan fingerprint density at radius 1 is 1.32 bits per heavy atom. The van der Waals surface area contributed by atoms with Crippen molar-refractivity contribution < 1.29 is 9.21 Å². The normalized spacial score (nSPS) is 18.2. The van der Waals surface area contributed by atoms with Crippen molar-refractivity contribution in [3.05, 3.63) is 45.0 Å². The number of carbonyl (C=O) groups is 1. The Labute approximate surface area is 206 Å². The van der Waals surface area contributed by atoms with Gasteiger partial charge in [0.2, 0.25) is 5.91 Å². The molecule has 3 heterocycles. The van der Waals surface area contributed by atoms with E-state index in [0.29, 0.717) is 23.8 Å². The molecule has 0 aliphatic heterocycles. The fraction of sp³-hybridized carbons (Fsp3) is 0.520. The molecule has 5 rings (SSSR count). The minimum absolute atomic E-state index is 0.0725. The Bertz CT molecular complexity index is 1300. The molecule has 0 saturated heterocycles. The van der Waals surface area contributed by atoms with Crippen LogP contribution in [0.3, 0.4) is 0 Å². The summed E-state index contributed by atoms with van der Waals surface area (Å²) in [5.74, 6) is 0.467. The molecule has 3 aromatic rings. The van der Waals surface area contributed by atoms with Crippen LogP contribution in [0.5, 0.6) is 0 Å². The molecule has 1 atom stereocenters. The third-order valence-corrected chi connectivity index (χ3v) is 9.14. The van der Waals surface area contributed by atoms with Gasteiger partial charge in [-0.2, -0.15) is 5.26 Å². The molecular weight excluding hydrogens is 468 g/mol. The zero-order chi connectivity index (χ0) is 23.7. The number of nitriles is 1. The van der Waals surface area contributed by atoms with Crippen LogP contribution in [-0.4, -0.2) is 26.2 Å². The number of aryl methyl sites for hydroxylation is 2. The molecule has 1 saturated carbocycles. The zero-order valence-corrected chi connectivity index (χ0v) is 20.9. The van der Waals surface area contributed by atoms with Crippen LogP contribution in [0.15, 0.2) is 32.8 Å². The Balaban J connectivity index is 1.48. The van der Waals surface area contributed by atoms with Crippen molar-refractivity contribution in [3.8, 4) is 6.07 Å². The molecular formula is C25H28N4O3S2. The van der Waals surface area contributed by atoms with E-state index in [9.17, 15) is 14.9 Å². The lowest BCUT2D eigenvalue weighted by atomic mass is 9.83. The second kappa shape index (κ2) is 9.59. The summed E-state index contributed by atoms with van der Waals surface area (Å²) in [6.45, 7) is 2.07. The summed E-state index contributed by atoms with van der Waals surface area (Å²) in [7, 11) is 0. The SMILES string of the molecule is CC(Sc1nc2sc3c(c2c(=O)n1Cc1ccco1)CCCC3)C(=O)NC1(C#N)CCCCC1. The number of thioether (sulfide) groups is 1. The van der Waals surface area contributed by atoms with E-state index in [0.717, 1.165) is 60.7 Å². The number of amides is 1. The van der Waals surface area contributed by atoms with Crippen molar-refractivity contribution >= 4 is 39.2 Å². The van der Waals surface area contributed by atoms with Crippen LogP contribution >= 0.6 is 23.1 Å². The number of hydrogen-bond donors (Lipinski definition) is 1. The molecule has 1 unspecified atom stereocenters. The lowest BCUT2D eigenvalue weighted by Gasteiger charge is -2.32. The maximum absolute atomic E-state index is 13.7. The van der Waals surface area contributed by atoms with Crippen LogP contribution in [0.2, 0.25) is 0 Å². The summed E-state index contributed by atoms with van der Waals surface area (Å²) < 4.78 is 7.16. The number of furan rings is 1. The van der Waals surface area contributed by atoms with Gasteiger partial charge in [0.05, 0.1) is 29.5 Å². The summed E-state index contributed by atoms with van der Waals surface area (Å²) in [4.78, 5) is 33.7. The van der Waals surface area contributed by atoms with E-state index in [1.807, 2.05) is 6.07 Å². The molecule has 0 bridgehead atoms. The first-order valence-corrected chi connectivity index (χ1v) is 13.7. The third kappa shape index (κ3) is 4.41. The minimum Gasteiger partial charge on any atom is -0.467 e. The van der Waals surface area contributed by atoms with Crippen molar-refractivity contribution in [1.29, 1.82) is 5.26 Å². The monoisotopic (exact) mass is 496 g/mol. The van der Waals surface area contributed by atoms with Gasteiger partial charge in [0.1, 0.15) is 16.1 Å². The van der Waals surface area contributed by atoms with Gasteiger partial charge in [0, 0.05) is 4.88 Å². The summed E-state index contributed by atoms with van der Waals surface area (Å²) in [5.41, 5.74) is 0.284. The molecule has 2 aliphatic carbocycles. The van der Waals surface area contributed by atoms with Gasteiger partial charge in [0.25, 0.3) is 5.56 Å². The molecule has 2 aliphatic rings. The number of aromatic nitrogens is 2. The van der Waals surface area contributed by atoms with Crippen LogP contribution in [-0.2, 0) is 24.2 Å². The van der Waals surface area contributed by atoms with Gasteiger partial charge in [-0.3, -0.25) is 14.2 Å². The molecule has 34 heavy (non-hydrogen) atoms. The highest BCUT2D eigenvalue weighted by Gasteiger charge is 2.35. The predicted molar refractivity (Wildman–Crippen MR) is 133 cm³/mol. The topological polar surface area (TPSA) is 101 Å². The predicted octanol–water partition coefficient (Wildman–Crippen LogP) is 4.80. The Hall–Kier alpha value is -2.57. The van der Waals surface area contributed by atoms with E-state index >= 15 is 0 Å². The molecule has 9 heteroatoms. The molecule has 178 valence electrons. The number of rotatable bonds is 6. The van der Waals surface area contributed by atoms with E-state index < -0.39 is 10.8 Å². The summed E-state index contributed by atoms with van der Waals surface area (Å²) in [5, 5.41) is 13.5. The second-order valence-electron chi connectivity index (χ2n) is 9.26. The van der Waals surface area contributed by atoms with E-state index in [2.05, 4.69) is 11.4 Å². The average Bonchev–Trinajstić information content (AvgIpc) is 3.49. The minimum atomic E-state index is -0.790. The lowest BCUT2D eigenvalue weighted by molar-refractivity contribution is -0.121. The molecule has 0 radical (unpaired) electrons. The standard InChI is InChI=1S/C25H28N4O3S2/c1-16(21(30)28-25(15-26)11-5-2-6-12-25)33-24-27-22-20(18-9-3-4-10-19(18)34-22)23(31)29(24)14-17-8-7-13-32-17/h7-8,13,16H,2-6,9-12,14H2,1H3,(H,28,30). The van der Waals surface area contributed by atoms with Crippen molar-refractivity contribution in [2.45, 2.75) is 87.2 Å². The first kappa shape index (κ1) is 23.2. The average molecular weight is 497 g/mol. The van der Waals surface area contributed by atoms with Gasteiger partial charge in [-0.1, -0.05) is 31.0 Å². The van der Waals surface area contributed by atoms with Crippen LogP contribution in [0.1, 0.15) is 68.1 Å². The number of nitrogens with one attached hydrogen (secondary N) is 1. The number of nitrogens with zero attached hydrogens (tertiary/aromatic N) is 3. The van der Waals surface area contributed by atoms with Crippen molar-refractivity contribution in [2.75, 3.05) is 0 Å². The molecule has 0 spiro atoms. The summed E-state index contributed by atoms with van der Waals surface area (Å²) in [6.07, 6.45) is 10.1. The van der Waals surface area contributed by atoms with Crippen molar-refractivity contribution in [2.24, 2.45) is 0 Å². The quantitative estimate of drug-likeness (QED) is 0.389. The Kier molecular flexibility index (Phi) is 6.54. The number of thiophene rings is 1. The van der Waals surface area contributed by atoms with Crippen LogP contribution in [0.4, 0.5) is 0 Å². The van der Waals surface area contributed by atoms with Gasteiger partial charge in [0.15, 0.2) is 5.16 Å². The fourth-order valence-corrected chi connectivity index (χ4v) is 7.19. The summed E-state index contributed by atoms with van der Waals surface area (Å²) in [6, 6.07) is 5.98. The van der Waals surface area contributed by atoms with Crippen molar-refractivity contribution in [3.63, 3.8) is 0 Å². The van der Waals surface area contributed by atoms with Crippen LogP contribution < -0.4 is 10.9 Å². The van der Waals surface area contributed by atoms with E-state index in [-0.39, 0.29) is 18.0 Å². The number of hydrogen-bond acceptors (Lipinski definition) is 7. The Morgan fingerprint density at radius 3 is 2.85 bits per heavy atom. The second-order valence-corrected chi connectivity index (χ2v) is 11.7. The number of carbonyl (C=O) groups excluding carboxylic acids is 1. The largest absolute Gasteiger partial charge is 0.467 e. The van der Waals surface area contributed by atoms with Gasteiger partial charge < -0.3 is 9.73 Å². The van der Waals surface area contributed by atoms with Crippen LogP contribution in [0, 0.1) is 11.3 Å². The molecule has 1 N–H and O–H groups in total. The smallest absolute Gasteiger partial charge is 0.263 e. The van der Waals surface area contributed by atoms with E-state index in [1.54, 1.807) is 35.2 Å². The molecule has 1 amide bonds. The highest BCUT2D eigenvalue weighted by atomic mass is 32.2. The molecule has 1 fully saturated rings. The van der Waals surface area contributed by atoms with E-state index in [1.165, 1.54) is 16.6 Å². The van der Waals surface area contributed by atoms with Gasteiger partial charge in [-0.15, -0.1) is 11.3 Å². The zero-order valence-electron chi connectivity index (χ0n) is 19.3. The molecule has 0 aromatic carbocycles. The maximum atomic E-state index is 13.7. The van der Waals surface area contributed by atoms with Gasteiger partial charge in [-0.05, 0) is 63.1 Å². The molecule has 7 nitrogen and oxygen atoms in total. The fourth-order valence-electron chi connectivity index (χ4n) is 4.98. The first-order valence-electron chi connectivity index (χ1n) is 12.0. The number of fused-ring (bicyclic) bond motifs is 3. The first-order chi connectivity index (χ1) is 16.5. The summed E-state index contributed by atoms with van der Waals surface area (Å²) >= 11 is 2.88.